The molecule has 0 spiro atoms. The molecule has 2 rings (SSSR count). The number of amides is 2. The van der Waals surface area contributed by atoms with Crippen LogP contribution in [0.15, 0.2) is 11.2 Å². The van der Waals surface area contributed by atoms with E-state index in [0.717, 1.165) is 18.7 Å². The zero-order chi connectivity index (χ0) is 20.7. The van der Waals surface area contributed by atoms with Crippen molar-refractivity contribution in [3.05, 3.63) is 11.2 Å². The molecule has 0 aliphatic carbocycles. The van der Waals surface area contributed by atoms with Gasteiger partial charge in [0.25, 0.3) is 0 Å². The predicted molar refractivity (Wildman–Crippen MR) is 114 cm³/mol. The smallest absolute Gasteiger partial charge is 0.230 e. The molecule has 1 atom stereocenters. The molecule has 1 aromatic rings. The van der Waals surface area contributed by atoms with Gasteiger partial charge >= 0.3 is 0 Å². The van der Waals surface area contributed by atoms with Gasteiger partial charge in [-0.2, -0.15) is 0 Å². The maximum Gasteiger partial charge on any atom is 0.230 e. The third-order valence-corrected chi connectivity index (χ3v) is 5.50. The monoisotopic (exact) mass is 427 g/mol. The molecular weight excluding hydrogens is 398 g/mol. The van der Waals surface area contributed by atoms with Crippen molar-refractivity contribution in [3.8, 4) is 0 Å². The average molecular weight is 428 g/mol. The van der Waals surface area contributed by atoms with Crippen molar-refractivity contribution in [2.75, 3.05) is 30.3 Å². The van der Waals surface area contributed by atoms with Gasteiger partial charge in [-0.25, -0.2) is 9.97 Å². The highest BCUT2D eigenvalue weighted by Gasteiger charge is 2.28. The van der Waals surface area contributed by atoms with Crippen molar-refractivity contribution in [3.63, 3.8) is 0 Å². The summed E-state index contributed by atoms with van der Waals surface area (Å²) in [6.45, 7) is 10.1. The zero-order valence-corrected chi connectivity index (χ0v) is 18.6. The van der Waals surface area contributed by atoms with Crippen LogP contribution in [0.2, 0.25) is 5.15 Å². The number of hydrogen-bond donors (Lipinski definition) is 1. The predicted octanol–water partition coefficient (Wildman–Crippen LogP) is 2.97. The number of aromatic nitrogens is 2. The minimum Gasteiger partial charge on any atom is -0.353 e. The number of nitrogens with one attached hydrogen (secondary N) is 1. The molecule has 2 heterocycles. The summed E-state index contributed by atoms with van der Waals surface area (Å²) in [5, 5.41) is 3.68. The summed E-state index contributed by atoms with van der Waals surface area (Å²) in [4.78, 5) is 37.1. The minimum absolute atomic E-state index is 0.0575. The molecule has 7 nitrogen and oxygen atoms in total. The normalized spacial score (nSPS) is 17.1. The number of hydrogen-bond acceptors (Lipinski definition) is 6. The molecule has 2 amide bonds. The van der Waals surface area contributed by atoms with Gasteiger partial charge in [0, 0.05) is 44.2 Å². The van der Waals surface area contributed by atoms with Gasteiger partial charge < -0.3 is 15.1 Å². The van der Waals surface area contributed by atoms with E-state index in [2.05, 4.69) is 34.0 Å². The zero-order valence-electron chi connectivity index (χ0n) is 17.1. The molecule has 0 saturated carbocycles. The Bertz CT molecular complexity index is 688. The molecule has 0 aromatic carbocycles. The van der Waals surface area contributed by atoms with Crippen molar-refractivity contribution in [1.29, 1.82) is 0 Å². The van der Waals surface area contributed by atoms with Crippen LogP contribution in [0, 0.1) is 0 Å². The molecule has 0 unspecified atom stereocenters. The van der Waals surface area contributed by atoms with Gasteiger partial charge in [-0.3, -0.25) is 9.59 Å². The van der Waals surface area contributed by atoms with Crippen LogP contribution in [0.1, 0.15) is 47.0 Å². The molecule has 1 aliphatic heterocycles. The molecule has 1 aliphatic rings. The first kappa shape index (κ1) is 22.7. The lowest BCUT2D eigenvalue weighted by atomic mass is 10.1. The fourth-order valence-electron chi connectivity index (χ4n) is 3.11. The van der Waals surface area contributed by atoms with Crippen molar-refractivity contribution in [2.45, 2.75) is 64.2 Å². The second-order valence-corrected chi connectivity index (χ2v) is 8.66. The van der Waals surface area contributed by atoms with Gasteiger partial charge in [-0.05, 0) is 27.2 Å². The maximum atomic E-state index is 12.4. The average Bonchev–Trinajstić information content (AvgIpc) is 2.63. The summed E-state index contributed by atoms with van der Waals surface area (Å²) < 4.78 is 0. The number of anilines is 1. The summed E-state index contributed by atoms with van der Waals surface area (Å²) in [7, 11) is 0. The molecule has 0 radical (unpaired) electrons. The lowest BCUT2D eigenvalue weighted by molar-refractivity contribution is -0.133. The molecule has 1 fully saturated rings. The van der Waals surface area contributed by atoms with Gasteiger partial charge in [0.05, 0.1) is 5.75 Å². The van der Waals surface area contributed by atoms with E-state index in [9.17, 15) is 9.59 Å². The molecule has 0 bridgehead atoms. The second kappa shape index (κ2) is 10.9. The number of carbonyl (C=O) groups is 2. The van der Waals surface area contributed by atoms with Crippen molar-refractivity contribution in [1.82, 2.24) is 20.2 Å². The Balaban J connectivity index is 1.99. The number of halogens is 1. The van der Waals surface area contributed by atoms with E-state index < -0.39 is 0 Å². The lowest BCUT2D eigenvalue weighted by Crippen LogP contribution is -2.54. The Labute approximate surface area is 176 Å². The quantitative estimate of drug-likeness (QED) is 0.390. The summed E-state index contributed by atoms with van der Waals surface area (Å²) in [6.07, 6.45) is 2.56. The highest BCUT2D eigenvalue weighted by molar-refractivity contribution is 7.99. The standard InChI is InChI=1S/C19H30ClN5O2S/c1-5-6-7-18(27)25-9-8-24(11-14(25)4)16-10-15(20)22-19(23-16)28-12-17(26)21-13(2)3/h10,13-14H,5-9,11-12H2,1-4H3,(H,21,26)/t14-/m1/s1. The van der Waals surface area contributed by atoms with Gasteiger partial charge in [0.2, 0.25) is 11.8 Å². The van der Waals surface area contributed by atoms with Gasteiger partial charge in [0.15, 0.2) is 5.16 Å². The molecule has 9 heteroatoms. The number of carbonyl (C=O) groups excluding carboxylic acids is 2. The topological polar surface area (TPSA) is 78.4 Å². The highest BCUT2D eigenvalue weighted by Crippen LogP contribution is 2.24. The minimum atomic E-state index is -0.0575. The molecule has 156 valence electrons. The molecule has 1 N–H and O–H groups in total. The number of piperazine rings is 1. The van der Waals surface area contributed by atoms with E-state index in [1.807, 2.05) is 18.7 Å². The lowest BCUT2D eigenvalue weighted by Gasteiger charge is -2.40. The molecule has 1 saturated heterocycles. The van der Waals surface area contributed by atoms with Gasteiger partial charge in [0.1, 0.15) is 11.0 Å². The van der Waals surface area contributed by atoms with Crippen LogP contribution in [-0.4, -0.2) is 64.2 Å². The summed E-state index contributed by atoms with van der Waals surface area (Å²) in [5.74, 6) is 1.15. The second-order valence-electron chi connectivity index (χ2n) is 7.33. The van der Waals surface area contributed by atoms with E-state index in [0.29, 0.717) is 36.4 Å². The summed E-state index contributed by atoms with van der Waals surface area (Å²) in [5.41, 5.74) is 0. The fourth-order valence-corrected chi connectivity index (χ4v) is 4.01. The third kappa shape index (κ3) is 6.81. The largest absolute Gasteiger partial charge is 0.353 e. The van der Waals surface area contributed by atoms with Crippen LogP contribution in [-0.2, 0) is 9.59 Å². The Kier molecular flexibility index (Phi) is 8.82. The van der Waals surface area contributed by atoms with Crippen molar-refractivity contribution < 1.29 is 9.59 Å². The van der Waals surface area contributed by atoms with Crippen molar-refractivity contribution >= 4 is 41.0 Å². The Hall–Kier alpha value is -1.54. The first-order valence-corrected chi connectivity index (χ1v) is 11.2. The van der Waals surface area contributed by atoms with E-state index >= 15 is 0 Å². The third-order valence-electron chi connectivity index (χ3n) is 4.46. The van der Waals surface area contributed by atoms with E-state index in [1.165, 1.54) is 11.8 Å². The van der Waals surface area contributed by atoms with Crippen molar-refractivity contribution in [2.24, 2.45) is 0 Å². The van der Waals surface area contributed by atoms with Gasteiger partial charge in [-0.15, -0.1) is 0 Å². The van der Waals surface area contributed by atoms with E-state index in [4.69, 9.17) is 11.6 Å². The van der Waals surface area contributed by atoms with Crippen LogP contribution >= 0.6 is 23.4 Å². The van der Waals surface area contributed by atoms with E-state index in [1.54, 1.807) is 6.07 Å². The number of thioether (sulfide) groups is 1. The Morgan fingerprint density at radius 3 is 2.75 bits per heavy atom. The molecule has 1 aromatic heterocycles. The number of rotatable bonds is 8. The van der Waals surface area contributed by atoms with Crippen LogP contribution in [0.5, 0.6) is 0 Å². The Morgan fingerprint density at radius 2 is 2.11 bits per heavy atom. The van der Waals surface area contributed by atoms with Crippen LogP contribution in [0.3, 0.4) is 0 Å². The van der Waals surface area contributed by atoms with E-state index in [-0.39, 0.29) is 29.7 Å². The summed E-state index contributed by atoms with van der Waals surface area (Å²) in [6, 6.07) is 1.95. The first-order chi connectivity index (χ1) is 13.3. The molecular formula is C19H30ClN5O2S. The van der Waals surface area contributed by atoms with Crippen LogP contribution in [0.4, 0.5) is 5.82 Å². The number of nitrogens with zero attached hydrogens (tertiary/aromatic N) is 4. The fraction of sp³-hybridized carbons (Fsp3) is 0.684. The highest BCUT2D eigenvalue weighted by atomic mass is 35.5. The SMILES string of the molecule is CCCCC(=O)N1CCN(c2cc(Cl)nc(SCC(=O)NC(C)C)n2)C[C@H]1C. The van der Waals surface area contributed by atoms with Gasteiger partial charge in [-0.1, -0.05) is 36.7 Å². The first-order valence-electron chi connectivity index (χ1n) is 9.81. The molecule has 28 heavy (non-hydrogen) atoms. The number of unbranched alkanes of at least 4 members (excludes halogenated alkanes) is 1. The van der Waals surface area contributed by atoms with Crippen LogP contribution < -0.4 is 10.2 Å². The summed E-state index contributed by atoms with van der Waals surface area (Å²) >= 11 is 7.45. The Morgan fingerprint density at radius 1 is 1.36 bits per heavy atom. The maximum absolute atomic E-state index is 12.4. The van der Waals surface area contributed by atoms with Crippen LogP contribution in [0.25, 0.3) is 0 Å².